The smallest absolute Gasteiger partial charge is 0.291 e. The maximum absolute atomic E-state index is 13.8. The summed E-state index contributed by atoms with van der Waals surface area (Å²) in [6, 6.07) is 15.4. The van der Waals surface area contributed by atoms with E-state index in [2.05, 4.69) is 10.00 Å². The number of benzene rings is 2. The van der Waals surface area contributed by atoms with Gasteiger partial charge in [-0.05, 0) is 36.8 Å². The number of nitrogens with zero attached hydrogens (tertiary/aromatic N) is 5. The lowest BCUT2D eigenvalue weighted by Gasteiger charge is -2.38. The molecule has 0 unspecified atom stereocenters. The first-order valence-corrected chi connectivity index (χ1v) is 11.7. The van der Waals surface area contributed by atoms with Crippen LogP contribution in [0, 0.1) is 0 Å². The summed E-state index contributed by atoms with van der Waals surface area (Å²) < 4.78 is 8.53. The summed E-state index contributed by atoms with van der Waals surface area (Å²) in [7, 11) is 3.30. The van der Waals surface area contributed by atoms with Crippen molar-refractivity contribution in [1.29, 1.82) is 0 Å². The van der Waals surface area contributed by atoms with Crippen LogP contribution in [0.2, 0.25) is 0 Å². The molecule has 1 aliphatic rings. The van der Waals surface area contributed by atoms with Gasteiger partial charge in [0.05, 0.1) is 18.8 Å². The number of para-hydroxylation sites is 1. The van der Waals surface area contributed by atoms with Crippen LogP contribution in [0.5, 0.6) is 5.75 Å². The number of piperazine rings is 1. The highest BCUT2D eigenvalue weighted by molar-refractivity contribution is 6.08. The number of hydrogen-bond donors (Lipinski definition) is 0. The van der Waals surface area contributed by atoms with Gasteiger partial charge < -0.3 is 19.1 Å². The number of anilines is 1. The van der Waals surface area contributed by atoms with E-state index >= 15 is 0 Å². The molecule has 5 rings (SSSR count). The van der Waals surface area contributed by atoms with Crippen molar-refractivity contribution >= 4 is 33.4 Å². The van der Waals surface area contributed by atoms with Crippen molar-refractivity contribution in [2.24, 2.45) is 7.05 Å². The van der Waals surface area contributed by atoms with Crippen LogP contribution >= 0.6 is 0 Å². The van der Waals surface area contributed by atoms with Crippen molar-refractivity contribution in [3.05, 3.63) is 65.1 Å². The fourth-order valence-corrected chi connectivity index (χ4v) is 4.97. The van der Waals surface area contributed by atoms with Gasteiger partial charge in [0.25, 0.3) is 5.56 Å². The molecular weight excluding hydrogens is 430 g/mol. The second-order valence-corrected chi connectivity index (χ2v) is 8.66. The largest absolute Gasteiger partial charge is 0.497 e. The molecule has 0 saturated carbocycles. The van der Waals surface area contributed by atoms with E-state index in [1.54, 1.807) is 20.4 Å². The highest BCUT2D eigenvalue weighted by atomic mass is 16.5. The summed E-state index contributed by atoms with van der Waals surface area (Å²) in [6.45, 7) is 4.79. The lowest BCUT2D eigenvalue weighted by molar-refractivity contribution is -0.135. The highest BCUT2D eigenvalue weighted by Crippen LogP contribution is 2.32. The van der Waals surface area contributed by atoms with Gasteiger partial charge in [-0.3, -0.25) is 9.59 Å². The Hall–Kier alpha value is -3.81. The monoisotopic (exact) mass is 459 g/mol. The number of aromatic nitrogens is 3. The Morgan fingerprint density at radius 3 is 2.41 bits per heavy atom. The summed E-state index contributed by atoms with van der Waals surface area (Å²) in [4.78, 5) is 31.1. The van der Waals surface area contributed by atoms with Crippen LogP contribution in [0.3, 0.4) is 0 Å². The normalized spacial score (nSPS) is 15.1. The van der Waals surface area contributed by atoms with Crippen LogP contribution in [0.4, 0.5) is 5.69 Å². The number of methoxy groups -OCH3 is 1. The van der Waals surface area contributed by atoms with Crippen LogP contribution in [0.15, 0.2) is 59.5 Å². The van der Waals surface area contributed by atoms with Gasteiger partial charge in [-0.2, -0.15) is 5.10 Å². The number of aryl methyl sites for hydroxylation is 1. The Bertz CT molecular complexity index is 1400. The Kier molecular flexibility index (Phi) is 5.73. The van der Waals surface area contributed by atoms with Crippen molar-refractivity contribution in [2.75, 3.05) is 38.2 Å². The van der Waals surface area contributed by atoms with Gasteiger partial charge in [0, 0.05) is 49.7 Å². The molecule has 3 heterocycles. The van der Waals surface area contributed by atoms with E-state index in [0.717, 1.165) is 40.8 Å². The third-order valence-electron chi connectivity index (χ3n) is 6.82. The first-order valence-electron chi connectivity index (χ1n) is 11.7. The summed E-state index contributed by atoms with van der Waals surface area (Å²) in [5, 5.41) is 5.95. The molecule has 0 N–H and O–H groups in total. The average molecular weight is 460 g/mol. The number of hydrogen-bond acceptors (Lipinski definition) is 5. The second kappa shape index (κ2) is 8.85. The number of carbonyl (C=O) groups is 1. The van der Waals surface area contributed by atoms with E-state index in [1.165, 1.54) is 4.68 Å². The predicted octanol–water partition coefficient (Wildman–Crippen LogP) is 3.20. The Labute approximate surface area is 197 Å². The van der Waals surface area contributed by atoms with Gasteiger partial charge in [0.1, 0.15) is 17.3 Å². The molecule has 8 heteroatoms. The van der Waals surface area contributed by atoms with Crippen LogP contribution in [-0.4, -0.2) is 58.4 Å². The standard InChI is InChI=1S/C26H29N5O3/c1-4-22(25(32)30-15-13-29(14-16-30)18-9-11-19(34-3)12-10-18)31-23-8-6-5-7-20(23)21-17-27-28(2)26(33)24(21)31/h5-12,17,22H,4,13-16H2,1-3H3/t22-/m1/s1. The Morgan fingerprint density at radius 1 is 1.03 bits per heavy atom. The third kappa shape index (κ3) is 3.59. The number of carbonyl (C=O) groups excluding carboxylic acids is 1. The zero-order valence-electron chi connectivity index (χ0n) is 19.8. The lowest BCUT2D eigenvalue weighted by atomic mass is 10.1. The van der Waals surface area contributed by atoms with Crippen molar-refractivity contribution < 1.29 is 9.53 Å². The number of amides is 1. The molecule has 0 radical (unpaired) electrons. The predicted molar refractivity (Wildman–Crippen MR) is 134 cm³/mol. The molecule has 1 aliphatic heterocycles. The van der Waals surface area contributed by atoms with Gasteiger partial charge in [0.2, 0.25) is 5.91 Å². The number of rotatable bonds is 5. The van der Waals surface area contributed by atoms with Gasteiger partial charge >= 0.3 is 0 Å². The van der Waals surface area contributed by atoms with E-state index in [4.69, 9.17) is 4.74 Å². The zero-order valence-corrected chi connectivity index (χ0v) is 19.8. The molecule has 0 aliphatic carbocycles. The van der Waals surface area contributed by atoms with Crippen molar-refractivity contribution in [3.63, 3.8) is 0 Å². The van der Waals surface area contributed by atoms with Crippen molar-refractivity contribution in [1.82, 2.24) is 19.2 Å². The molecule has 0 bridgehead atoms. The molecule has 1 saturated heterocycles. The van der Waals surface area contributed by atoms with Crippen LogP contribution in [-0.2, 0) is 11.8 Å². The third-order valence-corrected chi connectivity index (χ3v) is 6.82. The first kappa shape index (κ1) is 22.0. The van der Waals surface area contributed by atoms with Crippen LogP contribution in [0.1, 0.15) is 19.4 Å². The molecular formula is C26H29N5O3. The number of ether oxygens (including phenoxy) is 1. The molecule has 1 atom stereocenters. The lowest BCUT2D eigenvalue weighted by Crippen LogP contribution is -2.50. The second-order valence-electron chi connectivity index (χ2n) is 8.66. The quantitative estimate of drug-likeness (QED) is 0.458. The zero-order chi connectivity index (χ0) is 23.8. The fraction of sp³-hybridized carbons (Fsp3) is 0.346. The molecule has 2 aromatic carbocycles. The molecule has 8 nitrogen and oxygen atoms in total. The minimum Gasteiger partial charge on any atom is -0.497 e. The molecule has 4 aromatic rings. The van der Waals surface area contributed by atoms with E-state index in [-0.39, 0.29) is 11.5 Å². The first-order chi connectivity index (χ1) is 16.5. The molecule has 1 fully saturated rings. The SMILES string of the molecule is CC[C@H](C(=O)N1CCN(c2ccc(OC)cc2)CC1)n1c2ccccc2c2cnn(C)c(=O)c21. The van der Waals surface area contributed by atoms with Crippen molar-refractivity contribution in [3.8, 4) is 5.75 Å². The van der Waals surface area contributed by atoms with Crippen LogP contribution < -0.4 is 15.2 Å². The van der Waals surface area contributed by atoms with E-state index in [1.807, 2.05) is 64.9 Å². The molecule has 2 aromatic heterocycles. The maximum Gasteiger partial charge on any atom is 0.291 e. The Morgan fingerprint density at radius 2 is 1.74 bits per heavy atom. The average Bonchev–Trinajstić information content (AvgIpc) is 3.22. The maximum atomic E-state index is 13.8. The van der Waals surface area contributed by atoms with Gasteiger partial charge in [0.15, 0.2) is 0 Å². The van der Waals surface area contributed by atoms with E-state index in [9.17, 15) is 9.59 Å². The van der Waals surface area contributed by atoms with Gasteiger partial charge in [-0.25, -0.2) is 4.68 Å². The van der Waals surface area contributed by atoms with Crippen molar-refractivity contribution in [2.45, 2.75) is 19.4 Å². The molecule has 0 spiro atoms. The van der Waals surface area contributed by atoms with Gasteiger partial charge in [-0.15, -0.1) is 0 Å². The molecule has 34 heavy (non-hydrogen) atoms. The van der Waals surface area contributed by atoms with Crippen LogP contribution in [0.25, 0.3) is 21.8 Å². The fourth-order valence-electron chi connectivity index (χ4n) is 4.97. The topological polar surface area (TPSA) is 72.6 Å². The molecule has 1 amide bonds. The summed E-state index contributed by atoms with van der Waals surface area (Å²) in [6.07, 6.45) is 2.32. The van der Waals surface area contributed by atoms with Gasteiger partial charge in [-0.1, -0.05) is 25.1 Å². The summed E-state index contributed by atoms with van der Waals surface area (Å²) >= 11 is 0. The summed E-state index contributed by atoms with van der Waals surface area (Å²) in [5.41, 5.74) is 2.36. The number of fused-ring (bicyclic) bond motifs is 3. The minimum atomic E-state index is -0.454. The highest BCUT2D eigenvalue weighted by Gasteiger charge is 2.30. The van der Waals surface area contributed by atoms with E-state index in [0.29, 0.717) is 25.0 Å². The Balaban J connectivity index is 1.45. The molecule has 176 valence electrons. The summed E-state index contributed by atoms with van der Waals surface area (Å²) in [5.74, 6) is 0.884. The van der Waals surface area contributed by atoms with E-state index < -0.39 is 6.04 Å². The minimum absolute atomic E-state index is 0.0541.